The van der Waals surface area contributed by atoms with Crippen molar-refractivity contribution in [3.8, 4) is 0 Å². The molecule has 150 valence electrons. The summed E-state index contributed by atoms with van der Waals surface area (Å²) in [5.74, 6) is 1.54. The standard InChI is InChI=1S/C22H26N6O/c1-15(2)8-11-26-18-4-3-9-24-22(18)25-20(26)13-27-19-12-23-10-7-17(19)28(16-5-6-16)21(27)14-29/h3-4,7,9-10,12,14-16,21H,5-6,8,11,13H2,1-2H3. The number of aryl methyl sites for hydroxylation is 1. The third-order valence-corrected chi connectivity index (χ3v) is 5.88. The fraction of sp³-hybridized carbons (Fsp3) is 0.455. The molecule has 2 aliphatic rings. The Morgan fingerprint density at radius 2 is 2.07 bits per heavy atom. The molecule has 1 aliphatic carbocycles. The number of hydrogen-bond donors (Lipinski definition) is 0. The Hall–Kier alpha value is -2.96. The SMILES string of the molecule is CC(C)CCn1c(CN2c3cnccc3N(C3CC3)C2C=O)nc2ncccc21. The third kappa shape index (κ3) is 3.14. The summed E-state index contributed by atoms with van der Waals surface area (Å²) in [7, 11) is 0. The van der Waals surface area contributed by atoms with Crippen LogP contribution >= 0.6 is 0 Å². The highest BCUT2D eigenvalue weighted by atomic mass is 16.1. The van der Waals surface area contributed by atoms with E-state index < -0.39 is 0 Å². The number of carbonyl (C=O) groups is 1. The molecule has 0 bridgehead atoms. The summed E-state index contributed by atoms with van der Waals surface area (Å²) in [6, 6.07) is 6.50. The highest BCUT2D eigenvalue weighted by molar-refractivity contribution is 5.86. The molecule has 4 heterocycles. The van der Waals surface area contributed by atoms with Crippen LogP contribution < -0.4 is 9.80 Å². The number of rotatable bonds is 7. The van der Waals surface area contributed by atoms with E-state index in [0.29, 0.717) is 18.5 Å². The molecule has 29 heavy (non-hydrogen) atoms. The van der Waals surface area contributed by atoms with Crippen LogP contribution in [-0.4, -0.2) is 38.0 Å². The number of pyridine rings is 2. The third-order valence-electron chi connectivity index (χ3n) is 5.88. The van der Waals surface area contributed by atoms with E-state index in [0.717, 1.165) is 60.5 Å². The van der Waals surface area contributed by atoms with Crippen LogP contribution in [0.1, 0.15) is 38.9 Å². The molecule has 7 nitrogen and oxygen atoms in total. The molecule has 1 saturated carbocycles. The minimum atomic E-state index is -0.312. The molecule has 0 amide bonds. The zero-order chi connectivity index (χ0) is 20.0. The summed E-state index contributed by atoms with van der Waals surface area (Å²) in [5, 5.41) is 0. The van der Waals surface area contributed by atoms with E-state index in [1.54, 1.807) is 12.4 Å². The second-order valence-corrected chi connectivity index (χ2v) is 8.39. The van der Waals surface area contributed by atoms with Crippen molar-refractivity contribution < 1.29 is 4.79 Å². The van der Waals surface area contributed by atoms with Crippen LogP contribution in [0, 0.1) is 5.92 Å². The lowest BCUT2D eigenvalue weighted by molar-refractivity contribution is -0.108. The summed E-state index contributed by atoms with van der Waals surface area (Å²) in [5.41, 5.74) is 3.92. The number of carbonyl (C=O) groups excluding carboxylic acids is 1. The quantitative estimate of drug-likeness (QED) is 0.576. The van der Waals surface area contributed by atoms with E-state index in [1.165, 1.54) is 0 Å². The normalized spacial score (nSPS) is 18.7. The molecule has 7 heteroatoms. The predicted octanol–water partition coefficient (Wildman–Crippen LogP) is 3.39. The number of aldehydes is 1. The number of fused-ring (bicyclic) bond motifs is 2. The maximum absolute atomic E-state index is 12.1. The van der Waals surface area contributed by atoms with Gasteiger partial charge in [0.1, 0.15) is 5.82 Å². The first kappa shape index (κ1) is 18.1. The first-order chi connectivity index (χ1) is 14.2. The predicted molar refractivity (Wildman–Crippen MR) is 113 cm³/mol. The second kappa shape index (κ2) is 7.13. The van der Waals surface area contributed by atoms with Gasteiger partial charge < -0.3 is 14.4 Å². The molecule has 0 radical (unpaired) electrons. The van der Waals surface area contributed by atoms with Gasteiger partial charge >= 0.3 is 0 Å². The molecule has 1 fully saturated rings. The molecular formula is C22H26N6O. The lowest BCUT2D eigenvalue weighted by Crippen LogP contribution is -2.45. The summed E-state index contributed by atoms with van der Waals surface area (Å²) in [6.07, 6.45) is 9.54. The minimum Gasteiger partial charge on any atom is -0.340 e. The molecule has 0 saturated heterocycles. The Labute approximate surface area is 170 Å². The highest BCUT2D eigenvalue weighted by Gasteiger charge is 2.43. The summed E-state index contributed by atoms with van der Waals surface area (Å²) < 4.78 is 2.26. The molecule has 1 unspecified atom stereocenters. The monoisotopic (exact) mass is 390 g/mol. The lowest BCUT2D eigenvalue weighted by Gasteiger charge is -2.28. The van der Waals surface area contributed by atoms with Crippen molar-refractivity contribution in [2.75, 3.05) is 9.80 Å². The first-order valence-electron chi connectivity index (χ1n) is 10.4. The van der Waals surface area contributed by atoms with Crippen molar-refractivity contribution in [1.29, 1.82) is 0 Å². The van der Waals surface area contributed by atoms with Crippen molar-refractivity contribution in [2.24, 2.45) is 5.92 Å². The van der Waals surface area contributed by atoms with Crippen LogP contribution in [0.4, 0.5) is 11.4 Å². The molecular weight excluding hydrogens is 364 g/mol. The van der Waals surface area contributed by atoms with E-state index in [9.17, 15) is 4.79 Å². The zero-order valence-electron chi connectivity index (χ0n) is 16.9. The fourth-order valence-electron chi connectivity index (χ4n) is 4.25. The fourth-order valence-corrected chi connectivity index (χ4v) is 4.25. The Kier molecular flexibility index (Phi) is 4.45. The van der Waals surface area contributed by atoms with Gasteiger partial charge in [0.15, 0.2) is 18.1 Å². The van der Waals surface area contributed by atoms with E-state index in [2.05, 4.69) is 44.2 Å². The number of imidazole rings is 1. The van der Waals surface area contributed by atoms with Gasteiger partial charge in [0.05, 0.1) is 29.6 Å². The van der Waals surface area contributed by atoms with Gasteiger partial charge in [-0.2, -0.15) is 0 Å². The Balaban J connectivity index is 1.54. The van der Waals surface area contributed by atoms with Crippen molar-refractivity contribution in [3.05, 3.63) is 42.6 Å². The zero-order valence-corrected chi connectivity index (χ0v) is 16.9. The van der Waals surface area contributed by atoms with Crippen LogP contribution in [0.2, 0.25) is 0 Å². The maximum atomic E-state index is 12.1. The molecule has 5 rings (SSSR count). The van der Waals surface area contributed by atoms with Gasteiger partial charge in [-0.3, -0.25) is 9.78 Å². The summed E-state index contributed by atoms with van der Waals surface area (Å²) >= 11 is 0. The van der Waals surface area contributed by atoms with Gasteiger partial charge in [-0.1, -0.05) is 13.8 Å². The summed E-state index contributed by atoms with van der Waals surface area (Å²) in [4.78, 5) is 30.2. The number of aromatic nitrogens is 4. The van der Waals surface area contributed by atoms with Crippen molar-refractivity contribution in [3.63, 3.8) is 0 Å². The average Bonchev–Trinajstić information content (AvgIpc) is 3.43. The van der Waals surface area contributed by atoms with Crippen LogP contribution in [0.3, 0.4) is 0 Å². The van der Waals surface area contributed by atoms with Gasteiger partial charge in [-0.15, -0.1) is 0 Å². The molecule has 3 aromatic heterocycles. The largest absolute Gasteiger partial charge is 0.340 e. The Morgan fingerprint density at radius 3 is 2.83 bits per heavy atom. The molecule has 1 aliphatic heterocycles. The van der Waals surface area contributed by atoms with E-state index in [-0.39, 0.29) is 6.17 Å². The van der Waals surface area contributed by atoms with Crippen LogP contribution in [0.15, 0.2) is 36.8 Å². The first-order valence-corrected chi connectivity index (χ1v) is 10.4. The van der Waals surface area contributed by atoms with E-state index >= 15 is 0 Å². The molecule has 0 spiro atoms. The van der Waals surface area contributed by atoms with Crippen molar-refractivity contribution in [2.45, 2.75) is 58.4 Å². The Morgan fingerprint density at radius 1 is 1.21 bits per heavy atom. The maximum Gasteiger partial charge on any atom is 0.177 e. The van der Waals surface area contributed by atoms with Gasteiger partial charge in [0.2, 0.25) is 0 Å². The highest BCUT2D eigenvalue weighted by Crippen LogP contribution is 2.45. The van der Waals surface area contributed by atoms with E-state index in [1.807, 2.05) is 18.3 Å². The van der Waals surface area contributed by atoms with Crippen LogP contribution in [-0.2, 0) is 17.9 Å². The van der Waals surface area contributed by atoms with Crippen molar-refractivity contribution >= 4 is 28.8 Å². The smallest absolute Gasteiger partial charge is 0.177 e. The molecule has 0 aromatic carbocycles. The summed E-state index contributed by atoms with van der Waals surface area (Å²) in [6.45, 7) is 5.91. The van der Waals surface area contributed by atoms with Crippen molar-refractivity contribution in [1.82, 2.24) is 19.5 Å². The van der Waals surface area contributed by atoms with E-state index in [4.69, 9.17) is 4.98 Å². The molecule has 3 aromatic rings. The van der Waals surface area contributed by atoms with Gasteiger partial charge in [-0.05, 0) is 43.4 Å². The number of anilines is 2. The molecule has 1 atom stereocenters. The lowest BCUT2D eigenvalue weighted by atomic mass is 10.1. The average molecular weight is 390 g/mol. The minimum absolute atomic E-state index is 0.312. The van der Waals surface area contributed by atoms with Crippen LogP contribution in [0.25, 0.3) is 11.2 Å². The number of hydrogen-bond acceptors (Lipinski definition) is 6. The number of nitrogens with zero attached hydrogens (tertiary/aromatic N) is 6. The Bertz CT molecular complexity index is 1040. The van der Waals surface area contributed by atoms with Gasteiger partial charge in [-0.25, -0.2) is 9.97 Å². The van der Waals surface area contributed by atoms with Gasteiger partial charge in [0.25, 0.3) is 0 Å². The topological polar surface area (TPSA) is 67.2 Å². The van der Waals surface area contributed by atoms with Crippen LogP contribution in [0.5, 0.6) is 0 Å². The molecule has 0 N–H and O–H groups in total. The van der Waals surface area contributed by atoms with Gasteiger partial charge in [0, 0.05) is 25.0 Å². The second-order valence-electron chi connectivity index (χ2n) is 8.39.